The number of methoxy groups -OCH3 is 2. The first-order chi connectivity index (χ1) is 34.1. The van der Waals surface area contributed by atoms with E-state index in [0.717, 1.165) is 5.56 Å². The fourth-order valence-corrected chi connectivity index (χ4v) is 9.71. The largest absolute Gasteiger partial charge is 0.379 e. The Morgan fingerprint density at radius 3 is 1.92 bits per heavy atom. The number of benzene rings is 2. The summed E-state index contributed by atoms with van der Waals surface area (Å²) in [7, 11) is 8.45. The number of nitrogens with two attached hydrogens (primary N) is 2. The third kappa shape index (κ3) is 17.8. The lowest BCUT2D eigenvalue weighted by atomic mass is 9.89. The summed E-state index contributed by atoms with van der Waals surface area (Å²) in [6.45, 7) is 14.3. The van der Waals surface area contributed by atoms with E-state index in [1.165, 1.54) is 14.2 Å². The van der Waals surface area contributed by atoms with Gasteiger partial charge in [0.25, 0.3) is 0 Å². The molecule has 0 spiro atoms. The van der Waals surface area contributed by atoms with Gasteiger partial charge in [-0.3, -0.25) is 33.7 Å². The van der Waals surface area contributed by atoms with E-state index in [1.54, 1.807) is 48.0 Å². The van der Waals surface area contributed by atoms with Gasteiger partial charge in [-0.1, -0.05) is 85.2 Å². The number of amides is 8. The molecule has 10 atom stereocenters. The van der Waals surface area contributed by atoms with Crippen molar-refractivity contribution in [3.63, 3.8) is 0 Å². The van der Waals surface area contributed by atoms with Crippen LogP contribution >= 0.6 is 0 Å². The molecule has 1 aliphatic heterocycles. The monoisotopic (exact) mass is 1010 g/mol. The van der Waals surface area contributed by atoms with Crippen LogP contribution in [-0.4, -0.2) is 153 Å². The van der Waals surface area contributed by atoms with E-state index < -0.39 is 72.2 Å². The van der Waals surface area contributed by atoms with Gasteiger partial charge in [0.05, 0.1) is 48.7 Å². The van der Waals surface area contributed by atoms with Gasteiger partial charge in [-0.2, -0.15) is 0 Å². The van der Waals surface area contributed by atoms with Gasteiger partial charge in [-0.25, -0.2) is 4.79 Å². The molecule has 0 aliphatic carbocycles. The molecule has 19 nitrogen and oxygen atoms in total. The highest BCUT2D eigenvalue weighted by molar-refractivity contribution is 5.98. The van der Waals surface area contributed by atoms with Crippen molar-refractivity contribution in [1.82, 2.24) is 30.7 Å². The van der Waals surface area contributed by atoms with Gasteiger partial charge in [0.1, 0.15) is 12.1 Å². The van der Waals surface area contributed by atoms with E-state index >= 15 is 0 Å². The molecule has 2 aromatic rings. The van der Waals surface area contributed by atoms with Crippen LogP contribution in [0.15, 0.2) is 54.6 Å². The van der Waals surface area contributed by atoms with E-state index in [-0.39, 0.29) is 54.2 Å². The third-order valence-corrected chi connectivity index (χ3v) is 13.9. The highest BCUT2D eigenvalue weighted by atomic mass is 16.5. The zero-order valence-electron chi connectivity index (χ0n) is 44.9. The minimum atomic E-state index is -0.996. The van der Waals surface area contributed by atoms with Gasteiger partial charge in [-0.15, -0.1) is 0 Å². The Hall–Kier alpha value is -5.63. The van der Waals surface area contributed by atoms with Gasteiger partial charge < -0.3 is 57.3 Å². The number of rotatable bonds is 29. The van der Waals surface area contributed by atoms with Crippen molar-refractivity contribution in [2.24, 2.45) is 35.1 Å². The smallest absolute Gasteiger partial charge is 0.312 e. The van der Waals surface area contributed by atoms with Gasteiger partial charge >= 0.3 is 6.03 Å². The lowest BCUT2D eigenvalue weighted by molar-refractivity contribution is -0.148. The SMILES string of the molecule is CC[C@H](C)[C@@H]([C@@H](CC(=O)N1CCC[C@H]1[C@H](OC)[C@@H](C)C(=O)NC(Cc1ccccc1)C(=O)Nc1ccc(NC(=O)[C@@H](N)CCCCNC(N)=O)cc1)OC)N(C)C(=O)[C@@H](NC(=O)[C@H](C(C)C)N(C)C)C(C)C. The van der Waals surface area contributed by atoms with Gasteiger partial charge in [-0.05, 0) is 93.8 Å². The van der Waals surface area contributed by atoms with Gasteiger partial charge in [0.15, 0.2) is 0 Å². The number of nitrogens with zero attached hydrogens (tertiary/aromatic N) is 3. The predicted molar refractivity (Wildman–Crippen MR) is 280 cm³/mol. The average Bonchev–Trinajstić information content (AvgIpc) is 3.82. The number of carbonyl (C=O) groups is 7. The van der Waals surface area contributed by atoms with Crippen LogP contribution < -0.4 is 38.1 Å². The number of primary amides is 1. The van der Waals surface area contributed by atoms with E-state index in [0.29, 0.717) is 63.0 Å². The topological polar surface area (TPSA) is 260 Å². The summed E-state index contributed by atoms with van der Waals surface area (Å²) in [5.74, 6) is -3.03. The summed E-state index contributed by atoms with van der Waals surface area (Å²) >= 11 is 0. The number of likely N-dealkylation sites (tertiary alicyclic amines) is 1. The maximum atomic E-state index is 14.5. The Balaban J connectivity index is 1.76. The summed E-state index contributed by atoms with van der Waals surface area (Å²) in [4.78, 5) is 99.6. The maximum Gasteiger partial charge on any atom is 0.312 e. The molecular formula is C53H86N10O9. The molecule has 8 amide bonds. The highest BCUT2D eigenvalue weighted by Crippen LogP contribution is 2.30. The number of urea groups is 1. The summed E-state index contributed by atoms with van der Waals surface area (Å²) < 4.78 is 12.1. The number of hydrogen-bond donors (Lipinski definition) is 7. The molecular weight excluding hydrogens is 921 g/mol. The summed E-state index contributed by atoms with van der Waals surface area (Å²) in [5, 5.41) is 14.2. The van der Waals surface area contributed by atoms with Crippen molar-refractivity contribution in [2.45, 2.75) is 148 Å². The van der Waals surface area contributed by atoms with E-state index in [1.807, 2.05) is 90.9 Å². The summed E-state index contributed by atoms with van der Waals surface area (Å²) in [5.41, 5.74) is 12.9. The molecule has 9 N–H and O–H groups in total. The Bertz CT molecular complexity index is 2050. The maximum absolute atomic E-state index is 14.5. The Kier molecular flexibility index (Phi) is 25.1. The average molecular weight is 1010 g/mol. The van der Waals surface area contributed by atoms with Gasteiger partial charge in [0.2, 0.25) is 35.4 Å². The van der Waals surface area contributed by atoms with Crippen LogP contribution in [0.2, 0.25) is 0 Å². The van der Waals surface area contributed by atoms with Crippen LogP contribution in [0, 0.1) is 23.7 Å². The Morgan fingerprint density at radius 1 is 0.778 bits per heavy atom. The minimum Gasteiger partial charge on any atom is -0.379 e. The first-order valence-corrected chi connectivity index (χ1v) is 25.5. The number of carbonyl (C=O) groups excluding carboxylic acids is 7. The molecule has 3 rings (SSSR count). The zero-order valence-corrected chi connectivity index (χ0v) is 44.9. The number of hydrogen-bond acceptors (Lipinski definition) is 11. The second kappa shape index (κ2) is 29.8. The molecule has 1 heterocycles. The number of likely N-dealkylation sites (N-methyl/N-ethyl adjacent to an activating group) is 2. The van der Waals surface area contributed by atoms with Crippen LogP contribution in [-0.2, 0) is 44.7 Å². The van der Waals surface area contributed by atoms with Crippen LogP contribution in [0.4, 0.5) is 16.2 Å². The van der Waals surface area contributed by atoms with Gasteiger partial charge in [0, 0.05) is 52.2 Å². The Labute approximate surface area is 428 Å². The van der Waals surface area contributed by atoms with Crippen molar-refractivity contribution in [1.29, 1.82) is 0 Å². The molecule has 0 aromatic heterocycles. The molecule has 1 unspecified atom stereocenters. The zero-order chi connectivity index (χ0) is 53.8. The van der Waals surface area contributed by atoms with Crippen molar-refractivity contribution in [2.75, 3.05) is 59.1 Å². The van der Waals surface area contributed by atoms with E-state index in [9.17, 15) is 33.6 Å². The molecule has 1 fully saturated rings. The van der Waals surface area contributed by atoms with Crippen molar-refractivity contribution >= 4 is 52.8 Å². The van der Waals surface area contributed by atoms with E-state index in [4.69, 9.17) is 20.9 Å². The van der Waals surface area contributed by atoms with Crippen LogP contribution in [0.1, 0.15) is 99.0 Å². The standard InChI is InChI=1S/C53H86N10O9/c1-13-34(6)46(62(10)52(69)44(32(2)3)60-51(68)45(33(4)5)61(8)9)42(71-11)31-43(64)63-29-19-23-41(63)47(72-12)35(7)48(65)59-40(30-36-20-15-14-16-21-36)50(67)58-38-26-24-37(25-27-38)57-49(66)39(54)22-17-18-28-56-53(55)70/h14-16,20-21,24-27,32-35,39-42,44-47H,13,17-19,22-23,28-31,54H2,1-12H3,(H,57,66)(H,58,67)(H,59,65)(H,60,68)(H3,55,56,70)/t34-,35+,39-,40?,41-,42+,44-,45-,46-,47+/m0/s1. The normalized spacial score (nSPS) is 17.4. The highest BCUT2D eigenvalue weighted by Gasteiger charge is 2.43. The number of anilines is 2. The van der Waals surface area contributed by atoms with E-state index in [2.05, 4.69) is 26.6 Å². The Morgan fingerprint density at radius 2 is 1.39 bits per heavy atom. The van der Waals surface area contributed by atoms with Crippen LogP contribution in [0.5, 0.6) is 0 Å². The molecule has 0 radical (unpaired) electrons. The fraction of sp³-hybridized carbons (Fsp3) is 0.642. The fourth-order valence-electron chi connectivity index (χ4n) is 9.71. The molecule has 1 saturated heterocycles. The van der Waals surface area contributed by atoms with Crippen LogP contribution in [0.3, 0.4) is 0 Å². The quantitative estimate of drug-likeness (QED) is 0.0571. The lowest BCUT2D eigenvalue weighted by Crippen LogP contribution is -2.59. The molecule has 1 aliphatic rings. The first-order valence-electron chi connectivity index (χ1n) is 25.5. The minimum absolute atomic E-state index is 0.0145. The van der Waals surface area contributed by atoms with Crippen LogP contribution in [0.25, 0.3) is 0 Å². The lowest BCUT2D eigenvalue weighted by Gasteiger charge is -2.41. The molecule has 402 valence electrons. The molecule has 19 heteroatoms. The van der Waals surface area contributed by atoms with Crippen molar-refractivity contribution in [3.8, 4) is 0 Å². The number of ether oxygens (including phenoxy) is 2. The second-order valence-corrected chi connectivity index (χ2v) is 20.2. The molecule has 2 aromatic carbocycles. The predicted octanol–water partition coefficient (Wildman–Crippen LogP) is 4.10. The van der Waals surface area contributed by atoms with Crippen molar-refractivity contribution in [3.05, 3.63) is 60.2 Å². The molecule has 0 saturated carbocycles. The third-order valence-electron chi connectivity index (χ3n) is 13.9. The summed E-state index contributed by atoms with van der Waals surface area (Å²) in [6, 6.07) is 11.3. The number of unbranched alkanes of at least 4 members (excludes halogenated alkanes) is 1. The molecule has 0 bridgehead atoms. The molecule has 72 heavy (non-hydrogen) atoms. The number of nitrogens with one attached hydrogen (secondary N) is 5. The summed E-state index contributed by atoms with van der Waals surface area (Å²) in [6.07, 6.45) is 2.34. The first kappa shape index (κ1) is 60.7. The van der Waals surface area contributed by atoms with Crippen molar-refractivity contribution < 1.29 is 43.0 Å². The second-order valence-electron chi connectivity index (χ2n) is 20.2.